The average molecular weight is 342 g/mol. The smallest absolute Gasteiger partial charge is 0.341 e. The molecule has 1 N–H and O–H groups in total. The summed E-state index contributed by atoms with van der Waals surface area (Å²) in [6.07, 6.45) is 4.64. The number of nitrogens with zero attached hydrogens (tertiary/aromatic N) is 1. The molecule has 0 aromatic carbocycles. The van der Waals surface area contributed by atoms with Crippen LogP contribution in [0.2, 0.25) is 0 Å². The van der Waals surface area contributed by atoms with E-state index in [2.05, 4.69) is 41.7 Å². The van der Waals surface area contributed by atoms with Gasteiger partial charge in [0.15, 0.2) is 0 Å². The highest BCUT2D eigenvalue weighted by Gasteiger charge is 2.34. The van der Waals surface area contributed by atoms with E-state index in [0.29, 0.717) is 10.4 Å². The highest BCUT2D eigenvalue weighted by atomic mass is 79.9. The zero-order valence-corrected chi connectivity index (χ0v) is 13.6. The number of halogens is 1. The molecule has 2 rings (SSSR count). The van der Waals surface area contributed by atoms with Crippen LogP contribution in [-0.4, -0.2) is 22.2 Å². The van der Waals surface area contributed by atoms with Crippen molar-refractivity contribution >= 4 is 21.9 Å². The van der Waals surface area contributed by atoms with Crippen LogP contribution in [0.1, 0.15) is 50.4 Å². The summed E-state index contributed by atoms with van der Waals surface area (Å²) in [6.45, 7) is 6.67. The average Bonchev–Trinajstić information content (AvgIpc) is 2.28. The number of pyridine rings is 1. The van der Waals surface area contributed by atoms with Crippen LogP contribution in [0.15, 0.2) is 16.7 Å². The van der Waals surface area contributed by atoms with Gasteiger partial charge in [-0.25, -0.2) is 9.78 Å². The number of aromatic carboxylic acids is 1. The number of carbonyl (C=O) groups is 1. The van der Waals surface area contributed by atoms with Crippen molar-refractivity contribution in [3.05, 3.63) is 22.3 Å². The highest BCUT2D eigenvalue weighted by molar-refractivity contribution is 9.10. The van der Waals surface area contributed by atoms with Gasteiger partial charge in [-0.05, 0) is 52.6 Å². The number of ether oxygens (including phenoxy) is 1. The summed E-state index contributed by atoms with van der Waals surface area (Å²) in [7, 11) is 0. The number of rotatable bonds is 3. The minimum atomic E-state index is -1.02. The van der Waals surface area contributed by atoms with E-state index in [1.807, 2.05) is 0 Å². The molecule has 0 spiro atoms. The molecule has 20 heavy (non-hydrogen) atoms. The van der Waals surface area contributed by atoms with Crippen molar-refractivity contribution in [1.82, 2.24) is 4.98 Å². The molecule has 2 unspecified atom stereocenters. The molecule has 1 fully saturated rings. The van der Waals surface area contributed by atoms with Crippen LogP contribution in [0.3, 0.4) is 0 Å². The molecule has 1 aliphatic carbocycles. The maximum Gasteiger partial charge on any atom is 0.341 e. The van der Waals surface area contributed by atoms with Gasteiger partial charge < -0.3 is 9.84 Å². The van der Waals surface area contributed by atoms with Gasteiger partial charge in [0.05, 0.1) is 0 Å². The predicted octanol–water partition coefficient (Wildman–Crippen LogP) is 4.14. The van der Waals surface area contributed by atoms with E-state index in [-0.39, 0.29) is 23.0 Å². The first-order valence-electron chi connectivity index (χ1n) is 6.82. The van der Waals surface area contributed by atoms with Gasteiger partial charge in [0, 0.05) is 10.7 Å². The third-order valence-corrected chi connectivity index (χ3v) is 4.11. The van der Waals surface area contributed by atoms with Crippen molar-refractivity contribution in [1.29, 1.82) is 0 Å². The lowest BCUT2D eigenvalue weighted by atomic mass is 9.71. The molecule has 1 aliphatic rings. The quantitative estimate of drug-likeness (QED) is 0.897. The van der Waals surface area contributed by atoms with E-state index < -0.39 is 5.97 Å². The third kappa shape index (κ3) is 3.72. The third-order valence-electron chi connectivity index (χ3n) is 3.67. The van der Waals surface area contributed by atoms with Crippen molar-refractivity contribution in [2.75, 3.05) is 0 Å². The fourth-order valence-corrected chi connectivity index (χ4v) is 3.51. The molecule has 2 atom stereocenters. The Hall–Kier alpha value is -1.10. The standard InChI is InChI=1S/C15H20BrNO3/c1-9-4-11(7-15(2,3)6-9)20-13-12(14(18)19)5-10(16)8-17-13/h5,8-9,11H,4,6-7H2,1-3H3,(H,18,19). The molecule has 1 aromatic heterocycles. The Morgan fingerprint density at radius 1 is 1.50 bits per heavy atom. The second-order valence-corrected chi connectivity index (χ2v) is 7.38. The maximum absolute atomic E-state index is 11.3. The normalized spacial score (nSPS) is 25.2. The molecule has 0 radical (unpaired) electrons. The molecular formula is C15H20BrNO3. The van der Waals surface area contributed by atoms with Crippen molar-refractivity contribution in [3.8, 4) is 5.88 Å². The van der Waals surface area contributed by atoms with Crippen LogP contribution in [0, 0.1) is 11.3 Å². The van der Waals surface area contributed by atoms with Gasteiger partial charge in [-0.2, -0.15) is 0 Å². The Bertz CT molecular complexity index is 516. The Balaban J connectivity index is 2.19. The molecule has 110 valence electrons. The van der Waals surface area contributed by atoms with Crippen LogP contribution in [0.25, 0.3) is 0 Å². The fourth-order valence-electron chi connectivity index (χ4n) is 3.18. The van der Waals surface area contributed by atoms with E-state index in [1.54, 1.807) is 6.20 Å². The fraction of sp³-hybridized carbons (Fsp3) is 0.600. The van der Waals surface area contributed by atoms with Gasteiger partial charge in [-0.1, -0.05) is 20.8 Å². The topological polar surface area (TPSA) is 59.4 Å². The van der Waals surface area contributed by atoms with Crippen molar-refractivity contribution < 1.29 is 14.6 Å². The summed E-state index contributed by atoms with van der Waals surface area (Å²) in [4.78, 5) is 15.4. The van der Waals surface area contributed by atoms with Crippen molar-refractivity contribution in [2.45, 2.75) is 46.1 Å². The monoisotopic (exact) mass is 341 g/mol. The van der Waals surface area contributed by atoms with E-state index in [0.717, 1.165) is 12.8 Å². The molecule has 4 nitrogen and oxygen atoms in total. The number of hydrogen-bond donors (Lipinski definition) is 1. The molecule has 0 bridgehead atoms. The molecule has 1 saturated carbocycles. The lowest BCUT2D eigenvalue weighted by Gasteiger charge is -2.38. The number of hydrogen-bond acceptors (Lipinski definition) is 3. The summed E-state index contributed by atoms with van der Waals surface area (Å²) >= 11 is 3.24. The Labute approximate surface area is 127 Å². The minimum absolute atomic E-state index is 0.0283. The Kier molecular flexibility index (Phi) is 4.37. The predicted molar refractivity (Wildman–Crippen MR) is 80.1 cm³/mol. The van der Waals surface area contributed by atoms with Gasteiger partial charge in [0.1, 0.15) is 11.7 Å². The van der Waals surface area contributed by atoms with E-state index in [4.69, 9.17) is 4.74 Å². The Morgan fingerprint density at radius 2 is 2.20 bits per heavy atom. The number of carboxylic acids is 1. The zero-order chi connectivity index (χ0) is 14.9. The lowest BCUT2D eigenvalue weighted by molar-refractivity contribution is 0.0503. The second-order valence-electron chi connectivity index (χ2n) is 6.46. The first kappa shape index (κ1) is 15.3. The summed E-state index contributed by atoms with van der Waals surface area (Å²) in [5.41, 5.74) is 0.330. The first-order chi connectivity index (χ1) is 9.27. The van der Waals surface area contributed by atoms with Gasteiger partial charge in [-0.15, -0.1) is 0 Å². The van der Waals surface area contributed by atoms with Crippen LogP contribution < -0.4 is 4.74 Å². The van der Waals surface area contributed by atoms with E-state index in [9.17, 15) is 9.90 Å². The molecule has 1 aromatic rings. The second kappa shape index (κ2) is 5.72. The molecule has 5 heteroatoms. The summed E-state index contributed by atoms with van der Waals surface area (Å²) in [5, 5.41) is 9.23. The molecule has 0 amide bonds. The van der Waals surface area contributed by atoms with E-state index in [1.165, 1.54) is 12.5 Å². The van der Waals surface area contributed by atoms with Crippen LogP contribution >= 0.6 is 15.9 Å². The number of carboxylic acid groups (broad SMARTS) is 1. The van der Waals surface area contributed by atoms with Gasteiger partial charge >= 0.3 is 5.97 Å². The van der Waals surface area contributed by atoms with Crippen LogP contribution in [0.5, 0.6) is 5.88 Å². The maximum atomic E-state index is 11.3. The molecule has 0 aliphatic heterocycles. The SMILES string of the molecule is CC1CC(Oc2ncc(Br)cc2C(=O)O)CC(C)(C)C1. The van der Waals surface area contributed by atoms with Crippen molar-refractivity contribution in [2.24, 2.45) is 11.3 Å². The molecule has 1 heterocycles. The highest BCUT2D eigenvalue weighted by Crippen LogP contribution is 2.40. The van der Waals surface area contributed by atoms with Crippen molar-refractivity contribution in [3.63, 3.8) is 0 Å². The minimum Gasteiger partial charge on any atom is -0.477 e. The molecular weight excluding hydrogens is 322 g/mol. The van der Waals surface area contributed by atoms with E-state index >= 15 is 0 Å². The van der Waals surface area contributed by atoms with Gasteiger partial charge in [0.25, 0.3) is 0 Å². The summed E-state index contributed by atoms with van der Waals surface area (Å²) in [5.74, 6) is -0.222. The van der Waals surface area contributed by atoms with Gasteiger partial charge in [-0.3, -0.25) is 0 Å². The van der Waals surface area contributed by atoms with Gasteiger partial charge in [0.2, 0.25) is 5.88 Å². The van der Waals surface area contributed by atoms with Crippen LogP contribution in [-0.2, 0) is 0 Å². The zero-order valence-electron chi connectivity index (χ0n) is 12.0. The van der Waals surface area contributed by atoms with Crippen LogP contribution in [0.4, 0.5) is 0 Å². The molecule has 0 saturated heterocycles. The summed E-state index contributed by atoms with van der Waals surface area (Å²) in [6, 6.07) is 1.53. The summed E-state index contributed by atoms with van der Waals surface area (Å²) < 4.78 is 6.53. The first-order valence-corrected chi connectivity index (χ1v) is 7.61. The Morgan fingerprint density at radius 3 is 2.80 bits per heavy atom. The largest absolute Gasteiger partial charge is 0.477 e. The lowest BCUT2D eigenvalue weighted by Crippen LogP contribution is -2.34. The number of aromatic nitrogens is 1.